The summed E-state index contributed by atoms with van der Waals surface area (Å²) in [5.74, 6) is -1.98. The third-order valence-corrected chi connectivity index (χ3v) is 3.38. The number of aliphatic carboxylic acids is 1. The van der Waals surface area contributed by atoms with E-state index < -0.39 is 12.1 Å². The molecule has 0 bridgehead atoms. The Morgan fingerprint density at radius 3 is 1.95 bits per heavy atom. The Morgan fingerprint density at radius 1 is 1.10 bits per heavy atom. The van der Waals surface area contributed by atoms with Crippen molar-refractivity contribution in [2.75, 3.05) is 26.2 Å². The van der Waals surface area contributed by atoms with E-state index in [4.69, 9.17) is 9.90 Å². The third kappa shape index (κ3) is 5.36. The molecule has 1 saturated heterocycles. The number of carboxylic acids is 1. The monoisotopic (exact) mass is 296 g/mol. The highest BCUT2D eigenvalue weighted by Gasteiger charge is 2.38. The van der Waals surface area contributed by atoms with Gasteiger partial charge in [0.25, 0.3) is 0 Å². The number of hydrogen-bond donors (Lipinski definition) is 2. The fourth-order valence-electron chi connectivity index (χ4n) is 2.32. The number of amides is 1. The predicted octanol–water partition coefficient (Wildman–Crippen LogP) is 1.24. The number of hydrogen-bond acceptors (Lipinski definition) is 3. The van der Waals surface area contributed by atoms with Gasteiger partial charge in [0.15, 0.2) is 0 Å². The molecule has 0 unspecified atom stereocenters. The topological polar surface area (TPSA) is 69.6 Å². The van der Waals surface area contributed by atoms with Crippen molar-refractivity contribution in [2.45, 2.75) is 31.9 Å². The lowest BCUT2D eigenvalue weighted by molar-refractivity contribution is -0.192. The molecule has 2 aliphatic rings. The van der Waals surface area contributed by atoms with Gasteiger partial charge in [-0.2, -0.15) is 13.2 Å². The first-order chi connectivity index (χ1) is 9.32. The second kappa shape index (κ2) is 7.47. The molecule has 1 aliphatic heterocycles. The molecule has 0 atom stereocenters. The number of nitrogens with one attached hydrogen (secondary N) is 1. The molecule has 116 valence electrons. The van der Waals surface area contributed by atoms with Crippen LogP contribution in [-0.2, 0) is 9.59 Å². The van der Waals surface area contributed by atoms with Crippen LogP contribution in [0.3, 0.4) is 0 Å². The van der Waals surface area contributed by atoms with E-state index in [2.05, 4.69) is 5.32 Å². The van der Waals surface area contributed by atoms with Crippen molar-refractivity contribution in [3.8, 4) is 0 Å². The van der Waals surface area contributed by atoms with Crippen molar-refractivity contribution in [3.05, 3.63) is 0 Å². The van der Waals surface area contributed by atoms with Gasteiger partial charge in [0.1, 0.15) is 0 Å². The molecule has 1 aliphatic carbocycles. The van der Waals surface area contributed by atoms with Gasteiger partial charge in [-0.3, -0.25) is 4.79 Å². The van der Waals surface area contributed by atoms with Crippen LogP contribution in [0.1, 0.15) is 25.7 Å². The predicted molar refractivity (Wildman–Crippen MR) is 65.1 cm³/mol. The molecule has 0 radical (unpaired) electrons. The zero-order valence-electron chi connectivity index (χ0n) is 11.1. The summed E-state index contributed by atoms with van der Waals surface area (Å²) in [5, 5.41) is 10.4. The molecule has 1 saturated carbocycles. The summed E-state index contributed by atoms with van der Waals surface area (Å²) in [6.45, 7) is 3.77. The van der Waals surface area contributed by atoms with Crippen LogP contribution in [-0.4, -0.2) is 54.2 Å². The molecular formula is C12H19F3N2O3. The molecule has 8 heteroatoms. The van der Waals surface area contributed by atoms with Gasteiger partial charge in [0.2, 0.25) is 5.91 Å². The first-order valence-electron chi connectivity index (χ1n) is 6.62. The van der Waals surface area contributed by atoms with Gasteiger partial charge in [0.05, 0.1) is 0 Å². The fourth-order valence-corrected chi connectivity index (χ4v) is 2.32. The minimum atomic E-state index is -5.08. The normalized spacial score (nSPS) is 20.2. The lowest BCUT2D eigenvalue weighted by Gasteiger charge is -2.29. The largest absolute Gasteiger partial charge is 0.490 e. The van der Waals surface area contributed by atoms with E-state index in [0.29, 0.717) is 11.8 Å². The van der Waals surface area contributed by atoms with Crippen LogP contribution in [0.25, 0.3) is 0 Å². The SMILES string of the molecule is O=C(C1CCCC1)N1CCNCC1.O=C(O)C(F)(F)F. The van der Waals surface area contributed by atoms with Crippen LogP contribution in [0.5, 0.6) is 0 Å². The Kier molecular flexibility index (Phi) is 6.25. The van der Waals surface area contributed by atoms with Gasteiger partial charge in [-0.15, -0.1) is 0 Å². The van der Waals surface area contributed by atoms with Crippen molar-refractivity contribution in [1.82, 2.24) is 10.2 Å². The Balaban J connectivity index is 0.000000246. The van der Waals surface area contributed by atoms with E-state index in [-0.39, 0.29) is 0 Å². The van der Waals surface area contributed by atoms with Gasteiger partial charge in [-0.05, 0) is 12.8 Å². The maximum atomic E-state index is 11.9. The summed E-state index contributed by atoms with van der Waals surface area (Å²) in [4.78, 5) is 22.8. The minimum Gasteiger partial charge on any atom is -0.475 e. The average Bonchev–Trinajstić information content (AvgIpc) is 2.92. The Labute approximate surface area is 115 Å². The van der Waals surface area contributed by atoms with E-state index in [1.54, 1.807) is 0 Å². The molecule has 0 spiro atoms. The zero-order chi connectivity index (χ0) is 15.2. The second-order valence-corrected chi connectivity index (χ2v) is 4.86. The summed E-state index contributed by atoms with van der Waals surface area (Å²) in [5.41, 5.74) is 0. The van der Waals surface area contributed by atoms with E-state index in [1.165, 1.54) is 12.8 Å². The maximum Gasteiger partial charge on any atom is 0.490 e. The number of carbonyl (C=O) groups excluding carboxylic acids is 1. The molecule has 5 nitrogen and oxygen atoms in total. The Morgan fingerprint density at radius 2 is 1.55 bits per heavy atom. The highest BCUT2D eigenvalue weighted by Crippen LogP contribution is 2.26. The van der Waals surface area contributed by atoms with Gasteiger partial charge >= 0.3 is 12.1 Å². The van der Waals surface area contributed by atoms with Crippen molar-refractivity contribution in [1.29, 1.82) is 0 Å². The molecule has 2 rings (SSSR count). The highest BCUT2D eigenvalue weighted by atomic mass is 19.4. The summed E-state index contributed by atoms with van der Waals surface area (Å²) >= 11 is 0. The maximum absolute atomic E-state index is 11.9. The number of nitrogens with zero attached hydrogens (tertiary/aromatic N) is 1. The summed E-state index contributed by atoms with van der Waals surface area (Å²) in [7, 11) is 0. The number of carbonyl (C=O) groups is 2. The van der Waals surface area contributed by atoms with Crippen LogP contribution in [0.4, 0.5) is 13.2 Å². The summed E-state index contributed by atoms with van der Waals surface area (Å²) in [6.07, 6.45) is -0.323. The van der Waals surface area contributed by atoms with E-state index in [9.17, 15) is 18.0 Å². The number of halogens is 3. The van der Waals surface area contributed by atoms with Crippen molar-refractivity contribution >= 4 is 11.9 Å². The summed E-state index contributed by atoms with van der Waals surface area (Å²) in [6, 6.07) is 0. The van der Waals surface area contributed by atoms with E-state index >= 15 is 0 Å². The quantitative estimate of drug-likeness (QED) is 0.764. The van der Waals surface area contributed by atoms with E-state index in [0.717, 1.165) is 39.0 Å². The summed E-state index contributed by atoms with van der Waals surface area (Å²) < 4.78 is 31.7. The Bertz CT molecular complexity index is 335. The van der Waals surface area contributed by atoms with Crippen molar-refractivity contribution in [2.24, 2.45) is 5.92 Å². The molecule has 20 heavy (non-hydrogen) atoms. The fraction of sp³-hybridized carbons (Fsp3) is 0.833. The lowest BCUT2D eigenvalue weighted by Crippen LogP contribution is -2.48. The molecule has 1 amide bonds. The van der Waals surface area contributed by atoms with Crippen molar-refractivity contribution in [3.63, 3.8) is 0 Å². The third-order valence-electron chi connectivity index (χ3n) is 3.38. The van der Waals surface area contributed by atoms with Crippen LogP contribution >= 0.6 is 0 Å². The van der Waals surface area contributed by atoms with Crippen LogP contribution in [0.15, 0.2) is 0 Å². The smallest absolute Gasteiger partial charge is 0.475 e. The molecular weight excluding hydrogens is 277 g/mol. The van der Waals surface area contributed by atoms with Gasteiger partial charge in [0, 0.05) is 32.1 Å². The van der Waals surface area contributed by atoms with Crippen LogP contribution in [0, 0.1) is 5.92 Å². The molecule has 0 aromatic carbocycles. The van der Waals surface area contributed by atoms with Gasteiger partial charge in [-0.25, -0.2) is 4.79 Å². The number of piperazine rings is 1. The van der Waals surface area contributed by atoms with Gasteiger partial charge in [-0.1, -0.05) is 12.8 Å². The minimum absolute atomic E-state index is 0.359. The first-order valence-corrected chi connectivity index (χ1v) is 6.62. The zero-order valence-corrected chi connectivity index (χ0v) is 11.1. The molecule has 0 aromatic heterocycles. The lowest BCUT2D eigenvalue weighted by atomic mass is 10.1. The van der Waals surface area contributed by atoms with Crippen LogP contribution in [0.2, 0.25) is 0 Å². The number of alkyl halides is 3. The molecule has 1 heterocycles. The standard InChI is InChI=1S/C10H18N2O.C2HF3O2/c13-10(9-3-1-2-4-9)12-7-5-11-6-8-12;3-2(4,5)1(6)7/h9,11H,1-8H2;(H,6,7). The van der Waals surface area contributed by atoms with Gasteiger partial charge < -0.3 is 15.3 Å². The highest BCUT2D eigenvalue weighted by molar-refractivity contribution is 5.79. The van der Waals surface area contributed by atoms with Crippen LogP contribution < -0.4 is 5.32 Å². The van der Waals surface area contributed by atoms with E-state index in [1.807, 2.05) is 4.90 Å². The Hall–Kier alpha value is -1.31. The average molecular weight is 296 g/mol. The number of carboxylic acid groups (broad SMARTS) is 1. The molecule has 2 fully saturated rings. The molecule has 2 N–H and O–H groups in total. The molecule has 0 aromatic rings. The van der Waals surface area contributed by atoms with Crippen molar-refractivity contribution < 1.29 is 27.9 Å². The number of rotatable bonds is 1. The first kappa shape index (κ1) is 16.7. The second-order valence-electron chi connectivity index (χ2n) is 4.86.